The lowest BCUT2D eigenvalue weighted by atomic mass is 9.74. The van der Waals surface area contributed by atoms with Gasteiger partial charge in [-0.1, -0.05) is 39.3 Å². The number of aromatic carboxylic acids is 1. The number of fused-ring (bicyclic) bond motifs is 1. The fourth-order valence-electron chi connectivity index (χ4n) is 12.1. The Kier molecular flexibility index (Phi) is 23.2. The van der Waals surface area contributed by atoms with E-state index in [1.54, 1.807) is 53.7 Å². The number of cyclic esters (lactones) is 1. The highest BCUT2D eigenvalue weighted by Gasteiger charge is 2.55. The fraction of sp³-hybridized carbons (Fsp3) is 0.776. The molecule has 1 aromatic carbocycles. The number of esters is 1. The molecule has 4 aliphatic rings. The lowest BCUT2D eigenvalue weighted by molar-refractivity contribution is -0.319. The number of aliphatic hydroxyl groups excluding tert-OH is 2. The zero-order valence-corrected chi connectivity index (χ0v) is 50.9. The van der Waals surface area contributed by atoms with Crippen molar-refractivity contribution in [2.75, 3.05) is 73.1 Å². The molecule has 82 heavy (non-hydrogen) atoms. The second kappa shape index (κ2) is 28.4. The second-order valence-corrected chi connectivity index (χ2v) is 24.2. The summed E-state index contributed by atoms with van der Waals surface area (Å²) in [6, 6.07) is 3.03. The predicted molar refractivity (Wildman–Crippen MR) is 302 cm³/mol. The summed E-state index contributed by atoms with van der Waals surface area (Å²) in [6.45, 7) is 18.1. The molecule has 0 radical (unpaired) electrons. The van der Waals surface area contributed by atoms with Crippen LogP contribution >= 0.6 is 11.6 Å². The molecule has 1 aliphatic carbocycles. The quantitative estimate of drug-likeness (QED) is 0.0681. The van der Waals surface area contributed by atoms with Gasteiger partial charge in [0, 0.05) is 75.2 Å². The molecule has 1 aromatic heterocycles. The number of rotatable bonds is 21. The standard InChI is InChI=1S/C58H91ClN4O19/c1-15-43-58(10,72)49(67)32(4)45(64)30(2)27-56(8,73-13)50(81-54-47(66)42(62(11)12)24-31(3)77-54)33(5)48(34(6)53(70)79-43)80-44-28-57(9,74-14)51(35(7)78-44)82-55(71)61-19-21-76-23-22-75-20-18-60-40-25-37-41(26-39(40)59)63(36-16-17-36)29-38(46(37)65)52(68)69/h25-26,29-36,42-44,47-51,54,60,66-67,72H,15-24,27-28H2,1-14H3,(H,61,71)(H,68,69)/t30-,31-,32+,33+,34-,35+,42+,43-,44+,47-,48+,49-,50-,51+,54+,56-,57-,58-/m1/s1. The Labute approximate surface area is 486 Å². The number of hydrogen-bond acceptors (Lipinski definition) is 20. The summed E-state index contributed by atoms with van der Waals surface area (Å²) in [5.74, 6) is -6.19. The summed E-state index contributed by atoms with van der Waals surface area (Å²) < 4.78 is 64.2. The van der Waals surface area contributed by atoms with E-state index in [0.29, 0.717) is 29.2 Å². The fourth-order valence-corrected chi connectivity index (χ4v) is 12.3. The van der Waals surface area contributed by atoms with Gasteiger partial charge in [0.05, 0.1) is 84.7 Å². The maximum Gasteiger partial charge on any atom is 0.407 e. The van der Waals surface area contributed by atoms with E-state index in [1.165, 1.54) is 34.3 Å². The third-order valence-electron chi connectivity index (χ3n) is 17.2. The number of ether oxygens (including phenoxy) is 10. The first-order valence-corrected chi connectivity index (χ1v) is 29.1. The summed E-state index contributed by atoms with van der Waals surface area (Å²) in [6.07, 6.45) is -7.46. The average molecular weight is 1180 g/mol. The van der Waals surface area contributed by atoms with Crippen molar-refractivity contribution in [2.24, 2.45) is 23.7 Å². The Bertz CT molecular complexity index is 2570. The monoisotopic (exact) mass is 1180 g/mol. The maximum atomic E-state index is 14.6. The zero-order valence-electron chi connectivity index (χ0n) is 50.1. The molecule has 18 atom stereocenters. The molecule has 4 fully saturated rings. The minimum absolute atomic E-state index is 0.00124. The Hall–Kier alpha value is -4.08. The van der Waals surface area contributed by atoms with E-state index in [0.717, 1.165) is 12.8 Å². The summed E-state index contributed by atoms with van der Waals surface area (Å²) in [5, 5.41) is 51.4. The van der Waals surface area contributed by atoms with Crippen molar-refractivity contribution < 1.29 is 87.0 Å². The van der Waals surface area contributed by atoms with Gasteiger partial charge in [-0.25, -0.2) is 9.59 Å². The van der Waals surface area contributed by atoms with Gasteiger partial charge < -0.3 is 87.9 Å². The largest absolute Gasteiger partial charge is 0.477 e. The highest BCUT2D eigenvalue weighted by molar-refractivity contribution is 6.34. The van der Waals surface area contributed by atoms with E-state index in [4.69, 9.17) is 59.0 Å². The molecule has 3 saturated heterocycles. The number of anilines is 1. The number of nitrogens with one attached hydrogen (secondary N) is 2. The van der Waals surface area contributed by atoms with Crippen LogP contribution in [0.1, 0.15) is 124 Å². The van der Waals surface area contributed by atoms with E-state index in [2.05, 4.69) is 10.6 Å². The molecule has 4 heterocycles. The number of carboxylic acids is 1. The molecule has 0 spiro atoms. The van der Waals surface area contributed by atoms with Crippen LogP contribution in [0.15, 0.2) is 23.1 Å². The number of aromatic nitrogens is 1. The number of aliphatic hydroxyl groups is 3. The van der Waals surface area contributed by atoms with Crippen LogP contribution in [0.2, 0.25) is 5.02 Å². The molecule has 1 saturated carbocycles. The van der Waals surface area contributed by atoms with Crippen molar-refractivity contribution in [3.63, 3.8) is 0 Å². The highest BCUT2D eigenvalue weighted by atomic mass is 35.5. The minimum Gasteiger partial charge on any atom is -0.477 e. The summed E-state index contributed by atoms with van der Waals surface area (Å²) in [7, 11) is 6.68. The molecule has 6 N–H and O–H groups in total. The number of carbonyl (C=O) groups excluding carboxylic acids is 3. The van der Waals surface area contributed by atoms with Crippen molar-refractivity contribution in [3.05, 3.63) is 39.1 Å². The smallest absolute Gasteiger partial charge is 0.407 e. The van der Waals surface area contributed by atoms with Crippen LogP contribution in [-0.2, 0) is 57.0 Å². The van der Waals surface area contributed by atoms with Gasteiger partial charge in [-0.2, -0.15) is 0 Å². The Balaban J connectivity index is 1.09. The van der Waals surface area contributed by atoms with Crippen LogP contribution in [0.25, 0.3) is 10.9 Å². The van der Waals surface area contributed by atoms with Crippen LogP contribution in [0.5, 0.6) is 0 Å². The van der Waals surface area contributed by atoms with Gasteiger partial charge in [-0.05, 0) is 99.9 Å². The molecular formula is C58H91ClN4O19. The number of carboxylic acid groups (broad SMARTS) is 1. The topological polar surface area (TPSA) is 291 Å². The van der Waals surface area contributed by atoms with E-state index in [1.807, 2.05) is 37.4 Å². The van der Waals surface area contributed by atoms with E-state index in [9.17, 15) is 44.4 Å². The molecule has 1 amide bonds. The molecule has 2 aromatic rings. The summed E-state index contributed by atoms with van der Waals surface area (Å²) in [4.78, 5) is 68.9. The number of methoxy groups -OCH3 is 2. The van der Waals surface area contributed by atoms with Gasteiger partial charge in [-0.15, -0.1) is 0 Å². The van der Waals surface area contributed by atoms with Crippen LogP contribution in [-0.4, -0.2) is 206 Å². The first-order valence-electron chi connectivity index (χ1n) is 28.7. The van der Waals surface area contributed by atoms with Crippen LogP contribution < -0.4 is 16.1 Å². The molecule has 23 nitrogen and oxygen atoms in total. The third-order valence-corrected chi connectivity index (χ3v) is 17.5. The third kappa shape index (κ3) is 15.5. The SMILES string of the molecule is CC[C@H]1OC(=O)[C@H](C)[C@@H](O[C@H]2C[C@@](C)(OC)[C@@H](OC(=O)NCCOCCOCCNc3cc4c(=O)c(C(=O)O)cn(C5CC5)c4cc3Cl)[C@H](C)O2)[C@H](C)[C@@H](O[C@@H]2O[C@H](C)C[C@H](N(C)C)[C@H]2O)[C@](C)(OC)C[C@@H](C)C(=O)[C@H](C)[C@@H](O)[C@]1(C)O. The second-order valence-electron chi connectivity index (χ2n) is 23.8. The number of hydrogen-bond donors (Lipinski definition) is 6. The number of benzene rings is 1. The number of likely N-dealkylation sites (N-methyl/N-ethyl adjacent to an activating group) is 1. The Morgan fingerprint density at radius 3 is 2.10 bits per heavy atom. The Morgan fingerprint density at radius 2 is 1.50 bits per heavy atom. The number of ketones is 1. The normalized spacial score (nSPS) is 36.2. The first kappa shape index (κ1) is 67.1. The van der Waals surface area contributed by atoms with Gasteiger partial charge in [0.15, 0.2) is 18.7 Å². The van der Waals surface area contributed by atoms with Gasteiger partial charge >= 0.3 is 18.0 Å². The highest BCUT2D eigenvalue weighted by Crippen LogP contribution is 2.43. The number of nitrogens with zero attached hydrogens (tertiary/aromatic N) is 2. The van der Waals surface area contributed by atoms with E-state index >= 15 is 0 Å². The van der Waals surface area contributed by atoms with Gasteiger partial charge in [0.1, 0.15) is 34.8 Å². The molecule has 24 heteroatoms. The number of carbonyl (C=O) groups is 4. The number of pyridine rings is 1. The van der Waals surface area contributed by atoms with Crippen LogP contribution in [0.3, 0.4) is 0 Å². The number of Topliss-reactive ketones (excluding diaryl/α,β-unsaturated/α-hetero) is 1. The molecule has 0 unspecified atom stereocenters. The molecule has 6 rings (SSSR count). The zero-order chi connectivity index (χ0) is 60.8. The average Bonchev–Trinajstić information content (AvgIpc) is 2.67. The lowest BCUT2D eigenvalue weighted by Gasteiger charge is -2.50. The van der Waals surface area contributed by atoms with Crippen molar-refractivity contribution in [2.45, 2.75) is 198 Å². The van der Waals surface area contributed by atoms with Crippen molar-refractivity contribution in [3.8, 4) is 0 Å². The first-order chi connectivity index (χ1) is 38.5. The van der Waals surface area contributed by atoms with Crippen molar-refractivity contribution in [1.82, 2.24) is 14.8 Å². The number of amides is 1. The molecule has 464 valence electrons. The van der Waals surface area contributed by atoms with Gasteiger partial charge in [-0.3, -0.25) is 14.4 Å². The summed E-state index contributed by atoms with van der Waals surface area (Å²) in [5.41, 5.74) is -4.41. The van der Waals surface area contributed by atoms with E-state index < -0.39 is 119 Å². The molecule has 0 bridgehead atoms. The van der Waals surface area contributed by atoms with Crippen LogP contribution in [0.4, 0.5) is 10.5 Å². The number of halogens is 1. The van der Waals surface area contributed by atoms with E-state index in [-0.39, 0.29) is 87.2 Å². The van der Waals surface area contributed by atoms with Crippen LogP contribution in [0, 0.1) is 23.7 Å². The van der Waals surface area contributed by atoms with Crippen molar-refractivity contribution >= 4 is 52.0 Å². The van der Waals surface area contributed by atoms with Crippen molar-refractivity contribution in [1.29, 1.82) is 0 Å². The molecular weight excluding hydrogens is 1090 g/mol. The van der Waals surface area contributed by atoms with Gasteiger partial charge in [0.25, 0.3) is 0 Å². The van der Waals surface area contributed by atoms with Gasteiger partial charge in [0.2, 0.25) is 5.43 Å². The lowest BCUT2D eigenvalue weighted by Crippen LogP contribution is -2.62. The number of alkyl carbamates (subject to hydrolysis) is 1. The summed E-state index contributed by atoms with van der Waals surface area (Å²) >= 11 is 6.57. The Morgan fingerprint density at radius 1 is 0.866 bits per heavy atom. The predicted octanol–water partition coefficient (Wildman–Crippen LogP) is 5.32. The minimum atomic E-state index is -2.04. The maximum absolute atomic E-state index is 14.6. The molecule has 3 aliphatic heterocycles.